The van der Waals surface area contributed by atoms with Crippen LogP contribution in [0.4, 0.5) is 5.69 Å². The molecule has 2 N–H and O–H groups in total. The molecule has 1 unspecified atom stereocenters. The Bertz CT molecular complexity index is 1020. The van der Waals surface area contributed by atoms with E-state index in [1.165, 1.54) is 16.9 Å². The fourth-order valence-corrected chi connectivity index (χ4v) is 4.41. The van der Waals surface area contributed by atoms with Gasteiger partial charge < -0.3 is 10.6 Å². The zero-order valence-corrected chi connectivity index (χ0v) is 19.9. The Morgan fingerprint density at radius 1 is 1.00 bits per heavy atom. The van der Waals surface area contributed by atoms with Crippen LogP contribution in [0.25, 0.3) is 0 Å². The van der Waals surface area contributed by atoms with Crippen molar-refractivity contribution >= 4 is 40.4 Å². The summed E-state index contributed by atoms with van der Waals surface area (Å²) < 4.78 is 0. The minimum absolute atomic E-state index is 0.182. The second kappa shape index (κ2) is 11.8. The number of amides is 2. The summed E-state index contributed by atoms with van der Waals surface area (Å²) in [6.07, 6.45) is 0.853. The second-order valence-corrected chi connectivity index (χ2v) is 8.76. The van der Waals surface area contributed by atoms with E-state index in [0.717, 1.165) is 19.5 Å². The first-order chi connectivity index (χ1) is 15.5. The molecule has 5 nitrogen and oxygen atoms in total. The molecule has 2 aromatic carbocycles. The smallest absolute Gasteiger partial charge is 0.265 e. The van der Waals surface area contributed by atoms with Crippen molar-refractivity contribution < 1.29 is 9.59 Å². The first-order valence-corrected chi connectivity index (χ1v) is 12.0. The lowest BCUT2D eigenvalue weighted by molar-refractivity contribution is 0.0933. The zero-order chi connectivity index (χ0) is 22.9. The quantitative estimate of drug-likeness (QED) is 0.421. The van der Waals surface area contributed by atoms with Crippen LogP contribution < -0.4 is 10.6 Å². The minimum Gasteiger partial charge on any atom is -0.350 e. The van der Waals surface area contributed by atoms with Gasteiger partial charge in [0.1, 0.15) is 0 Å². The van der Waals surface area contributed by atoms with Gasteiger partial charge in [0.15, 0.2) is 0 Å². The molecule has 0 bridgehead atoms. The lowest BCUT2D eigenvalue weighted by Crippen LogP contribution is -2.45. The van der Waals surface area contributed by atoms with Crippen molar-refractivity contribution in [2.24, 2.45) is 0 Å². The Kier molecular flexibility index (Phi) is 8.85. The van der Waals surface area contributed by atoms with Gasteiger partial charge in [-0.1, -0.05) is 61.8 Å². The maximum atomic E-state index is 12.9. The molecule has 0 aliphatic carbocycles. The van der Waals surface area contributed by atoms with Crippen LogP contribution in [0.15, 0.2) is 66.0 Å². The van der Waals surface area contributed by atoms with Crippen LogP contribution in [0, 0.1) is 0 Å². The Balaban J connectivity index is 1.68. The van der Waals surface area contributed by atoms with E-state index in [1.54, 1.807) is 24.3 Å². The van der Waals surface area contributed by atoms with Gasteiger partial charge in [0.25, 0.3) is 11.8 Å². The summed E-state index contributed by atoms with van der Waals surface area (Å²) in [5.41, 5.74) is 2.11. The molecule has 3 rings (SSSR count). The first-order valence-electron chi connectivity index (χ1n) is 10.7. The molecule has 0 fully saturated rings. The Morgan fingerprint density at radius 2 is 1.75 bits per heavy atom. The van der Waals surface area contributed by atoms with Crippen LogP contribution in [0.3, 0.4) is 0 Å². The lowest BCUT2D eigenvalue weighted by atomic mass is 10.0. The number of thiophene rings is 1. The maximum absolute atomic E-state index is 12.9. The number of halogens is 1. The summed E-state index contributed by atoms with van der Waals surface area (Å²) in [5.74, 6) is -0.442. The van der Waals surface area contributed by atoms with Gasteiger partial charge in [-0.05, 0) is 54.7 Å². The third-order valence-corrected chi connectivity index (χ3v) is 6.56. The van der Waals surface area contributed by atoms with Crippen molar-refractivity contribution in [2.45, 2.75) is 26.3 Å². The van der Waals surface area contributed by atoms with E-state index < -0.39 is 0 Å². The molecule has 0 radical (unpaired) electrons. The maximum Gasteiger partial charge on any atom is 0.265 e. The number of nitrogens with one attached hydrogen (secondary N) is 2. The van der Waals surface area contributed by atoms with Crippen LogP contribution in [0.1, 0.15) is 39.4 Å². The second-order valence-electron chi connectivity index (χ2n) is 7.40. The first kappa shape index (κ1) is 24.0. The average molecular weight is 470 g/mol. The number of likely N-dealkylation sites (N-methyl/N-ethyl adjacent to an activating group) is 1. The van der Waals surface area contributed by atoms with E-state index in [1.807, 2.05) is 29.6 Å². The lowest BCUT2D eigenvalue weighted by Gasteiger charge is -2.30. The highest BCUT2D eigenvalue weighted by Crippen LogP contribution is 2.24. The van der Waals surface area contributed by atoms with Crippen LogP contribution in [0.5, 0.6) is 0 Å². The number of hydrogen-bond donors (Lipinski definition) is 2. The number of anilines is 1. The highest BCUT2D eigenvalue weighted by Gasteiger charge is 2.19. The molecule has 0 spiro atoms. The van der Waals surface area contributed by atoms with Crippen molar-refractivity contribution in [2.75, 3.05) is 25.0 Å². The van der Waals surface area contributed by atoms with Crippen molar-refractivity contribution in [3.8, 4) is 0 Å². The van der Waals surface area contributed by atoms with Gasteiger partial charge in [-0.15, -0.1) is 11.3 Å². The monoisotopic (exact) mass is 469 g/mol. The molecule has 0 saturated carbocycles. The number of carbonyl (C=O) groups is 2. The summed E-state index contributed by atoms with van der Waals surface area (Å²) in [4.78, 5) is 28.2. The predicted molar refractivity (Wildman–Crippen MR) is 133 cm³/mol. The third kappa shape index (κ3) is 6.42. The molecule has 1 aromatic heterocycles. The molecule has 7 heteroatoms. The summed E-state index contributed by atoms with van der Waals surface area (Å²) in [6.45, 7) is 6.60. The van der Waals surface area contributed by atoms with E-state index in [0.29, 0.717) is 27.7 Å². The number of rotatable bonds is 10. The van der Waals surface area contributed by atoms with Crippen LogP contribution in [0.2, 0.25) is 5.02 Å². The largest absolute Gasteiger partial charge is 0.350 e. The third-order valence-electron chi connectivity index (χ3n) is 5.36. The van der Waals surface area contributed by atoms with Crippen molar-refractivity contribution in [1.29, 1.82) is 0 Å². The zero-order valence-electron chi connectivity index (χ0n) is 18.3. The van der Waals surface area contributed by atoms with Crippen LogP contribution in [-0.4, -0.2) is 42.4 Å². The molecule has 0 aliphatic heterocycles. The van der Waals surface area contributed by atoms with Gasteiger partial charge in [0, 0.05) is 18.2 Å². The summed E-state index contributed by atoms with van der Waals surface area (Å²) in [7, 11) is 0. The predicted octanol–water partition coefficient (Wildman–Crippen LogP) is 5.34. The molecule has 168 valence electrons. The fourth-order valence-electron chi connectivity index (χ4n) is 3.62. The summed E-state index contributed by atoms with van der Waals surface area (Å²) >= 11 is 7.60. The molecule has 0 aliphatic rings. The number of benzene rings is 2. The number of nitrogens with zero attached hydrogens (tertiary/aromatic N) is 1. The van der Waals surface area contributed by atoms with Gasteiger partial charge >= 0.3 is 0 Å². The Morgan fingerprint density at radius 3 is 2.41 bits per heavy atom. The Labute approximate surface area is 198 Å². The standard InChI is InChI=1S/C25H28ClN3O2S/c1-3-29(4-2)20(15-18-9-6-5-7-10-18)17-27-24(30)19-12-13-21(26)22(16-19)28-25(31)23-11-8-14-32-23/h5-14,16,20H,3-4,15,17H2,1-2H3,(H,27,30)(H,28,31). The molecule has 1 heterocycles. The van der Waals surface area contributed by atoms with E-state index in [-0.39, 0.29) is 17.9 Å². The fraction of sp³-hybridized carbons (Fsp3) is 0.280. The van der Waals surface area contributed by atoms with Gasteiger partial charge in [-0.3, -0.25) is 14.5 Å². The normalized spacial score (nSPS) is 11.9. The molecule has 1 atom stereocenters. The van der Waals surface area contributed by atoms with Crippen LogP contribution >= 0.6 is 22.9 Å². The van der Waals surface area contributed by atoms with E-state index in [9.17, 15) is 9.59 Å². The molecule has 0 saturated heterocycles. The minimum atomic E-state index is -0.246. The number of hydrogen-bond acceptors (Lipinski definition) is 4. The van der Waals surface area contributed by atoms with Gasteiger partial charge in [0.05, 0.1) is 15.6 Å². The highest BCUT2D eigenvalue weighted by atomic mass is 35.5. The number of carbonyl (C=O) groups excluding carboxylic acids is 2. The topological polar surface area (TPSA) is 61.4 Å². The van der Waals surface area contributed by atoms with E-state index >= 15 is 0 Å². The Hall–Kier alpha value is -2.67. The van der Waals surface area contributed by atoms with E-state index in [2.05, 4.69) is 41.5 Å². The van der Waals surface area contributed by atoms with Gasteiger partial charge in [0.2, 0.25) is 0 Å². The average Bonchev–Trinajstić information content (AvgIpc) is 3.35. The van der Waals surface area contributed by atoms with E-state index in [4.69, 9.17) is 11.6 Å². The summed E-state index contributed by atoms with van der Waals surface area (Å²) in [5, 5.41) is 8.08. The molecule has 32 heavy (non-hydrogen) atoms. The molecular formula is C25H28ClN3O2S. The molecule has 2 amide bonds. The van der Waals surface area contributed by atoms with Gasteiger partial charge in [-0.2, -0.15) is 0 Å². The van der Waals surface area contributed by atoms with Crippen molar-refractivity contribution in [1.82, 2.24) is 10.2 Å². The van der Waals surface area contributed by atoms with Gasteiger partial charge in [-0.25, -0.2) is 0 Å². The SMILES string of the molecule is CCN(CC)C(CNC(=O)c1ccc(Cl)c(NC(=O)c2cccs2)c1)Cc1ccccc1. The van der Waals surface area contributed by atoms with Crippen molar-refractivity contribution in [3.05, 3.63) is 87.1 Å². The van der Waals surface area contributed by atoms with Crippen LogP contribution in [-0.2, 0) is 6.42 Å². The summed E-state index contributed by atoms with van der Waals surface area (Å²) in [6, 6.07) is 19.0. The van der Waals surface area contributed by atoms with Crippen molar-refractivity contribution in [3.63, 3.8) is 0 Å². The molecular weight excluding hydrogens is 442 g/mol. The highest BCUT2D eigenvalue weighted by molar-refractivity contribution is 7.12. The molecule has 3 aromatic rings.